The van der Waals surface area contributed by atoms with E-state index in [1.165, 1.54) is 18.2 Å². The first kappa shape index (κ1) is 15.4. The van der Waals surface area contributed by atoms with Crippen molar-refractivity contribution >= 4 is 35.1 Å². The lowest BCUT2D eigenvalue weighted by atomic mass is 10.1. The SMILES string of the molecule is O=C(O)c1ccc(CCNC(=O)c2cc(Cl)c(Cl)[nH]2)cc1. The van der Waals surface area contributed by atoms with Crippen LogP contribution in [0.2, 0.25) is 10.2 Å². The van der Waals surface area contributed by atoms with Crippen molar-refractivity contribution in [3.8, 4) is 0 Å². The van der Waals surface area contributed by atoms with Crippen LogP contribution >= 0.6 is 23.2 Å². The number of aromatic carboxylic acids is 1. The van der Waals surface area contributed by atoms with Gasteiger partial charge >= 0.3 is 5.97 Å². The second kappa shape index (κ2) is 6.65. The summed E-state index contributed by atoms with van der Waals surface area (Å²) in [5.74, 6) is -1.26. The molecule has 21 heavy (non-hydrogen) atoms. The van der Waals surface area contributed by atoms with Crippen molar-refractivity contribution in [3.63, 3.8) is 0 Å². The molecule has 7 heteroatoms. The van der Waals surface area contributed by atoms with Crippen LogP contribution in [0.1, 0.15) is 26.4 Å². The Hall–Kier alpha value is -1.98. The molecule has 0 aliphatic heterocycles. The predicted molar refractivity (Wildman–Crippen MR) is 80.3 cm³/mol. The average Bonchev–Trinajstić information content (AvgIpc) is 2.79. The highest BCUT2D eigenvalue weighted by Gasteiger charge is 2.11. The largest absolute Gasteiger partial charge is 0.478 e. The summed E-state index contributed by atoms with van der Waals surface area (Å²) in [5.41, 5.74) is 1.47. The number of aromatic amines is 1. The molecule has 0 bridgehead atoms. The van der Waals surface area contributed by atoms with Crippen LogP contribution in [0.4, 0.5) is 0 Å². The van der Waals surface area contributed by atoms with Gasteiger partial charge in [-0.05, 0) is 30.2 Å². The molecular formula is C14H12Cl2N2O3. The van der Waals surface area contributed by atoms with Gasteiger partial charge in [-0.2, -0.15) is 0 Å². The van der Waals surface area contributed by atoms with Crippen LogP contribution in [-0.4, -0.2) is 28.5 Å². The highest BCUT2D eigenvalue weighted by atomic mass is 35.5. The van der Waals surface area contributed by atoms with Crippen molar-refractivity contribution in [2.24, 2.45) is 0 Å². The summed E-state index contributed by atoms with van der Waals surface area (Å²) in [4.78, 5) is 25.2. The first-order valence-corrected chi connectivity index (χ1v) is 6.87. The number of carbonyl (C=O) groups excluding carboxylic acids is 1. The van der Waals surface area contributed by atoms with Crippen molar-refractivity contribution in [2.45, 2.75) is 6.42 Å². The Morgan fingerprint density at radius 1 is 1.19 bits per heavy atom. The van der Waals surface area contributed by atoms with E-state index in [4.69, 9.17) is 28.3 Å². The Balaban J connectivity index is 1.86. The van der Waals surface area contributed by atoms with Gasteiger partial charge in [-0.15, -0.1) is 0 Å². The maximum absolute atomic E-state index is 11.8. The molecule has 5 nitrogen and oxygen atoms in total. The van der Waals surface area contributed by atoms with Crippen molar-refractivity contribution < 1.29 is 14.7 Å². The van der Waals surface area contributed by atoms with Crippen LogP contribution in [0.25, 0.3) is 0 Å². The van der Waals surface area contributed by atoms with E-state index in [2.05, 4.69) is 10.3 Å². The normalized spacial score (nSPS) is 10.4. The Morgan fingerprint density at radius 2 is 1.86 bits per heavy atom. The molecule has 1 aromatic carbocycles. The zero-order valence-corrected chi connectivity index (χ0v) is 12.3. The third kappa shape index (κ3) is 4.00. The molecule has 1 aromatic heterocycles. The molecule has 0 atom stereocenters. The van der Waals surface area contributed by atoms with Gasteiger partial charge in [0.2, 0.25) is 0 Å². The van der Waals surface area contributed by atoms with Gasteiger partial charge in [-0.25, -0.2) is 4.79 Å². The number of H-pyrrole nitrogens is 1. The standard InChI is InChI=1S/C14H12Cl2N2O3/c15-10-7-11(18-12(10)16)13(19)17-6-5-8-1-3-9(4-2-8)14(20)21/h1-4,7,18H,5-6H2,(H,17,19)(H,20,21). The Bertz CT molecular complexity index is 646. The second-order valence-corrected chi connectivity index (χ2v) is 5.14. The van der Waals surface area contributed by atoms with E-state index >= 15 is 0 Å². The minimum absolute atomic E-state index is 0.228. The molecule has 0 radical (unpaired) electrons. The third-order valence-electron chi connectivity index (χ3n) is 2.87. The van der Waals surface area contributed by atoms with Crippen LogP contribution < -0.4 is 5.32 Å². The first-order chi connectivity index (χ1) is 9.97. The van der Waals surface area contributed by atoms with Gasteiger partial charge in [0, 0.05) is 6.54 Å². The van der Waals surface area contributed by atoms with E-state index < -0.39 is 5.97 Å². The minimum atomic E-state index is -0.963. The van der Waals surface area contributed by atoms with Crippen LogP contribution in [0.3, 0.4) is 0 Å². The number of hydrogen-bond donors (Lipinski definition) is 3. The Labute approximate surface area is 130 Å². The van der Waals surface area contributed by atoms with Gasteiger partial charge in [0.1, 0.15) is 10.8 Å². The summed E-state index contributed by atoms with van der Waals surface area (Å²) in [6, 6.07) is 7.96. The molecule has 0 spiro atoms. The summed E-state index contributed by atoms with van der Waals surface area (Å²) in [5, 5.41) is 12.0. The zero-order valence-electron chi connectivity index (χ0n) is 10.8. The minimum Gasteiger partial charge on any atom is -0.478 e. The molecule has 1 amide bonds. The lowest BCUT2D eigenvalue weighted by Gasteiger charge is -2.04. The second-order valence-electron chi connectivity index (χ2n) is 4.35. The number of benzene rings is 1. The monoisotopic (exact) mass is 326 g/mol. The zero-order chi connectivity index (χ0) is 15.4. The summed E-state index contributed by atoms with van der Waals surface area (Å²) in [6.07, 6.45) is 0.591. The molecule has 0 aliphatic carbocycles. The number of rotatable bonds is 5. The Morgan fingerprint density at radius 3 is 2.38 bits per heavy atom. The van der Waals surface area contributed by atoms with Gasteiger partial charge < -0.3 is 15.4 Å². The van der Waals surface area contributed by atoms with E-state index in [0.717, 1.165) is 5.56 Å². The fraction of sp³-hybridized carbons (Fsp3) is 0.143. The number of carboxylic acid groups (broad SMARTS) is 1. The molecule has 0 unspecified atom stereocenters. The van der Waals surface area contributed by atoms with E-state index in [1.807, 2.05) is 0 Å². The highest BCUT2D eigenvalue weighted by molar-refractivity contribution is 6.41. The van der Waals surface area contributed by atoms with E-state index in [1.54, 1.807) is 12.1 Å². The van der Waals surface area contributed by atoms with Crippen LogP contribution in [-0.2, 0) is 6.42 Å². The molecular weight excluding hydrogens is 315 g/mol. The van der Waals surface area contributed by atoms with E-state index in [9.17, 15) is 9.59 Å². The fourth-order valence-electron chi connectivity index (χ4n) is 1.76. The number of nitrogens with one attached hydrogen (secondary N) is 2. The maximum atomic E-state index is 11.8. The van der Waals surface area contributed by atoms with E-state index in [0.29, 0.717) is 23.7 Å². The number of carbonyl (C=O) groups is 2. The topological polar surface area (TPSA) is 82.2 Å². The lowest BCUT2D eigenvalue weighted by Crippen LogP contribution is -2.25. The van der Waals surface area contributed by atoms with Crippen molar-refractivity contribution in [3.05, 3.63) is 57.3 Å². The quantitative estimate of drug-likeness (QED) is 0.789. The number of hydrogen-bond acceptors (Lipinski definition) is 2. The molecule has 0 fully saturated rings. The number of carboxylic acids is 1. The lowest BCUT2D eigenvalue weighted by molar-refractivity contribution is 0.0696. The third-order valence-corrected chi connectivity index (χ3v) is 3.56. The molecule has 1 heterocycles. The Kier molecular flexibility index (Phi) is 4.88. The molecule has 0 aliphatic rings. The predicted octanol–water partition coefficient (Wildman–Crippen LogP) is 2.99. The molecule has 0 saturated heterocycles. The molecule has 0 saturated carbocycles. The number of amides is 1. The fourth-order valence-corrected chi connectivity index (χ4v) is 2.07. The van der Waals surface area contributed by atoms with Gasteiger partial charge in [0.15, 0.2) is 0 Å². The van der Waals surface area contributed by atoms with Crippen LogP contribution in [0.15, 0.2) is 30.3 Å². The van der Waals surface area contributed by atoms with Gasteiger partial charge in [-0.3, -0.25) is 4.79 Å². The van der Waals surface area contributed by atoms with E-state index in [-0.39, 0.29) is 16.6 Å². The van der Waals surface area contributed by atoms with Gasteiger partial charge in [-0.1, -0.05) is 35.3 Å². The smallest absolute Gasteiger partial charge is 0.335 e. The van der Waals surface area contributed by atoms with Gasteiger partial charge in [0.05, 0.1) is 10.6 Å². The number of halogens is 2. The molecule has 2 aromatic rings. The first-order valence-electron chi connectivity index (χ1n) is 6.12. The van der Waals surface area contributed by atoms with Crippen molar-refractivity contribution in [1.82, 2.24) is 10.3 Å². The van der Waals surface area contributed by atoms with Gasteiger partial charge in [0.25, 0.3) is 5.91 Å². The molecule has 110 valence electrons. The maximum Gasteiger partial charge on any atom is 0.335 e. The summed E-state index contributed by atoms with van der Waals surface area (Å²) in [6.45, 7) is 0.416. The summed E-state index contributed by atoms with van der Waals surface area (Å²) in [7, 11) is 0. The van der Waals surface area contributed by atoms with Crippen molar-refractivity contribution in [2.75, 3.05) is 6.54 Å². The highest BCUT2D eigenvalue weighted by Crippen LogP contribution is 2.21. The average molecular weight is 327 g/mol. The van der Waals surface area contributed by atoms with Crippen LogP contribution in [0.5, 0.6) is 0 Å². The molecule has 2 rings (SSSR count). The molecule has 3 N–H and O–H groups in total. The number of aromatic nitrogens is 1. The van der Waals surface area contributed by atoms with Crippen LogP contribution in [0, 0.1) is 0 Å². The summed E-state index contributed by atoms with van der Waals surface area (Å²) < 4.78 is 0. The van der Waals surface area contributed by atoms with Crippen molar-refractivity contribution in [1.29, 1.82) is 0 Å². The summed E-state index contributed by atoms with van der Waals surface area (Å²) >= 11 is 11.5.